The second-order valence-electron chi connectivity index (χ2n) is 5.61. The Morgan fingerprint density at radius 2 is 2.00 bits per heavy atom. The number of hydrogen-bond acceptors (Lipinski definition) is 4. The molecule has 1 fully saturated rings. The lowest BCUT2D eigenvalue weighted by molar-refractivity contribution is 0.151. The zero-order chi connectivity index (χ0) is 11.8. The molecule has 1 aromatic heterocycles. The van der Waals surface area contributed by atoms with Gasteiger partial charge in [0.2, 0.25) is 0 Å². The Labute approximate surface area is 96.1 Å². The zero-order valence-corrected chi connectivity index (χ0v) is 10.2. The quantitative estimate of drug-likeness (QED) is 0.839. The van der Waals surface area contributed by atoms with Gasteiger partial charge in [0.1, 0.15) is 6.10 Å². The summed E-state index contributed by atoms with van der Waals surface area (Å²) in [5.74, 6) is 1.51. The molecule has 0 radical (unpaired) electrons. The van der Waals surface area contributed by atoms with Crippen LogP contribution in [-0.2, 0) is 0 Å². The molecule has 4 nitrogen and oxygen atoms in total. The Morgan fingerprint density at radius 3 is 2.50 bits per heavy atom. The summed E-state index contributed by atoms with van der Waals surface area (Å²) in [6, 6.07) is 0. The Balaban J connectivity index is 2.03. The number of hydrogen-bond donors (Lipinski definition) is 1. The van der Waals surface area contributed by atoms with Crippen LogP contribution < -0.4 is 0 Å². The molecule has 1 aliphatic rings. The van der Waals surface area contributed by atoms with Gasteiger partial charge in [0, 0.05) is 5.92 Å². The Hall–Kier alpha value is -0.900. The lowest BCUT2D eigenvalue weighted by Gasteiger charge is -2.32. The highest BCUT2D eigenvalue weighted by Gasteiger charge is 2.30. The van der Waals surface area contributed by atoms with Crippen molar-refractivity contribution < 1.29 is 9.63 Å². The van der Waals surface area contributed by atoms with Crippen LogP contribution in [0.3, 0.4) is 0 Å². The van der Waals surface area contributed by atoms with E-state index in [2.05, 4.69) is 24.0 Å². The fourth-order valence-electron chi connectivity index (χ4n) is 2.24. The highest BCUT2D eigenvalue weighted by molar-refractivity contribution is 4.99. The molecule has 0 bridgehead atoms. The summed E-state index contributed by atoms with van der Waals surface area (Å²) in [6.07, 6.45) is 3.98. The van der Waals surface area contributed by atoms with Crippen molar-refractivity contribution in [1.29, 1.82) is 0 Å². The summed E-state index contributed by atoms with van der Waals surface area (Å²) in [5.41, 5.74) is 0.452. The van der Waals surface area contributed by atoms with Crippen molar-refractivity contribution in [3.05, 3.63) is 11.7 Å². The molecule has 0 amide bonds. The number of rotatable bonds is 2. The molecular weight excluding hydrogens is 204 g/mol. The van der Waals surface area contributed by atoms with Gasteiger partial charge in [0.15, 0.2) is 5.82 Å². The largest absolute Gasteiger partial charge is 0.384 e. The molecule has 1 saturated carbocycles. The van der Waals surface area contributed by atoms with Crippen LogP contribution in [0.5, 0.6) is 0 Å². The van der Waals surface area contributed by atoms with E-state index < -0.39 is 6.10 Å². The number of aromatic nitrogens is 2. The first-order chi connectivity index (χ1) is 7.48. The van der Waals surface area contributed by atoms with Crippen molar-refractivity contribution in [2.24, 2.45) is 5.41 Å². The number of aliphatic hydroxyl groups excluding tert-OH is 1. The van der Waals surface area contributed by atoms with Crippen LogP contribution in [-0.4, -0.2) is 15.2 Å². The summed E-state index contributed by atoms with van der Waals surface area (Å²) in [6.45, 7) is 6.25. The van der Waals surface area contributed by atoms with E-state index in [0.717, 1.165) is 18.7 Å². The van der Waals surface area contributed by atoms with Crippen molar-refractivity contribution in [3.8, 4) is 0 Å². The molecule has 1 aromatic rings. The SMILES string of the molecule is C[C@H](O)c1nc(C2CCC(C)(C)CC2)no1. The van der Waals surface area contributed by atoms with Gasteiger partial charge in [-0.15, -0.1) is 0 Å². The van der Waals surface area contributed by atoms with Crippen LogP contribution in [0, 0.1) is 5.41 Å². The van der Waals surface area contributed by atoms with Crippen LogP contribution in [0.2, 0.25) is 0 Å². The van der Waals surface area contributed by atoms with E-state index in [1.165, 1.54) is 12.8 Å². The van der Waals surface area contributed by atoms with Gasteiger partial charge in [0.05, 0.1) is 0 Å². The topological polar surface area (TPSA) is 59.2 Å². The fraction of sp³-hybridized carbons (Fsp3) is 0.833. The van der Waals surface area contributed by atoms with Crippen LogP contribution in [0.1, 0.15) is 70.2 Å². The van der Waals surface area contributed by atoms with Gasteiger partial charge in [-0.2, -0.15) is 4.98 Å². The third-order valence-corrected chi connectivity index (χ3v) is 3.52. The molecular formula is C12H20N2O2. The maximum absolute atomic E-state index is 9.32. The predicted molar refractivity (Wildman–Crippen MR) is 59.9 cm³/mol. The van der Waals surface area contributed by atoms with E-state index >= 15 is 0 Å². The van der Waals surface area contributed by atoms with E-state index in [1.54, 1.807) is 6.92 Å². The Morgan fingerprint density at radius 1 is 1.38 bits per heavy atom. The van der Waals surface area contributed by atoms with Gasteiger partial charge in [-0.25, -0.2) is 0 Å². The van der Waals surface area contributed by atoms with Crippen molar-refractivity contribution >= 4 is 0 Å². The summed E-state index contributed by atoms with van der Waals surface area (Å²) in [4.78, 5) is 4.25. The Kier molecular flexibility index (Phi) is 3.02. The maximum atomic E-state index is 9.32. The number of nitrogens with zero attached hydrogens (tertiary/aromatic N) is 2. The second kappa shape index (κ2) is 4.17. The molecule has 1 atom stereocenters. The van der Waals surface area contributed by atoms with E-state index in [-0.39, 0.29) is 0 Å². The first-order valence-corrected chi connectivity index (χ1v) is 5.99. The first-order valence-electron chi connectivity index (χ1n) is 5.99. The van der Waals surface area contributed by atoms with Crippen molar-refractivity contribution in [3.63, 3.8) is 0 Å². The standard InChI is InChI=1S/C12H20N2O2/c1-8(15)11-13-10(14-16-11)9-4-6-12(2,3)7-5-9/h8-9,15H,4-7H2,1-3H3/t8-/m0/s1. The Bertz CT molecular complexity index is 348. The van der Waals surface area contributed by atoms with Gasteiger partial charge in [0.25, 0.3) is 5.89 Å². The molecule has 0 saturated heterocycles. The van der Waals surface area contributed by atoms with Gasteiger partial charge >= 0.3 is 0 Å². The fourth-order valence-corrected chi connectivity index (χ4v) is 2.24. The second-order valence-corrected chi connectivity index (χ2v) is 5.61. The molecule has 0 spiro atoms. The minimum Gasteiger partial charge on any atom is -0.384 e. The third kappa shape index (κ3) is 2.43. The maximum Gasteiger partial charge on any atom is 0.255 e. The molecule has 0 aliphatic heterocycles. The minimum absolute atomic E-state index is 0.333. The molecule has 1 heterocycles. The summed E-state index contributed by atoms with van der Waals surface area (Å²) in [5, 5.41) is 13.3. The van der Waals surface area contributed by atoms with Gasteiger partial charge in [-0.1, -0.05) is 19.0 Å². The molecule has 1 N–H and O–H groups in total. The monoisotopic (exact) mass is 224 g/mol. The van der Waals surface area contributed by atoms with Gasteiger partial charge in [-0.05, 0) is 38.0 Å². The van der Waals surface area contributed by atoms with Crippen LogP contribution >= 0.6 is 0 Å². The van der Waals surface area contributed by atoms with Crippen LogP contribution in [0.4, 0.5) is 0 Å². The van der Waals surface area contributed by atoms with E-state index in [4.69, 9.17) is 4.52 Å². The predicted octanol–water partition coefficient (Wildman–Crippen LogP) is 2.81. The molecule has 0 aromatic carbocycles. The molecule has 4 heteroatoms. The van der Waals surface area contributed by atoms with Crippen molar-refractivity contribution in [1.82, 2.24) is 10.1 Å². The van der Waals surface area contributed by atoms with Gasteiger partial charge in [-0.3, -0.25) is 0 Å². The molecule has 0 unspecified atom stereocenters. The molecule has 1 aliphatic carbocycles. The average Bonchev–Trinajstić information content (AvgIpc) is 2.66. The molecule has 2 rings (SSSR count). The van der Waals surface area contributed by atoms with Gasteiger partial charge < -0.3 is 9.63 Å². The first kappa shape index (κ1) is 11.6. The minimum atomic E-state index is -0.665. The molecule has 16 heavy (non-hydrogen) atoms. The van der Waals surface area contributed by atoms with Crippen LogP contribution in [0.25, 0.3) is 0 Å². The number of aliphatic hydroxyl groups is 1. The average molecular weight is 224 g/mol. The summed E-state index contributed by atoms with van der Waals surface area (Å²) < 4.78 is 5.02. The summed E-state index contributed by atoms with van der Waals surface area (Å²) in [7, 11) is 0. The molecule has 90 valence electrons. The highest BCUT2D eigenvalue weighted by Crippen LogP contribution is 2.41. The van der Waals surface area contributed by atoms with Crippen LogP contribution in [0.15, 0.2) is 4.52 Å². The smallest absolute Gasteiger partial charge is 0.255 e. The van der Waals surface area contributed by atoms with E-state index in [9.17, 15) is 5.11 Å². The lowest BCUT2D eigenvalue weighted by atomic mass is 9.73. The third-order valence-electron chi connectivity index (χ3n) is 3.52. The van der Waals surface area contributed by atoms with Crippen molar-refractivity contribution in [2.75, 3.05) is 0 Å². The highest BCUT2D eigenvalue weighted by atomic mass is 16.5. The zero-order valence-electron chi connectivity index (χ0n) is 10.2. The summed E-state index contributed by atoms with van der Waals surface area (Å²) >= 11 is 0. The van der Waals surface area contributed by atoms with E-state index in [0.29, 0.717) is 17.2 Å². The normalized spacial score (nSPS) is 23.2. The van der Waals surface area contributed by atoms with E-state index in [1.807, 2.05) is 0 Å². The lowest BCUT2D eigenvalue weighted by Crippen LogP contribution is -2.20. The van der Waals surface area contributed by atoms with Crippen molar-refractivity contribution in [2.45, 2.75) is 58.5 Å².